The molecule has 0 saturated carbocycles. The van der Waals surface area contributed by atoms with Crippen LogP contribution in [0.15, 0.2) is 18.2 Å². The lowest BCUT2D eigenvalue weighted by Crippen LogP contribution is -2.00. The van der Waals surface area contributed by atoms with Crippen molar-refractivity contribution in [3.63, 3.8) is 0 Å². The largest absolute Gasteiger partial charge is 0.294 e. The molecule has 1 aromatic carbocycles. The highest BCUT2D eigenvalue weighted by Gasteiger charge is 2.06. The number of ketones is 1. The molecule has 0 saturated heterocycles. The highest BCUT2D eigenvalue weighted by atomic mass is 16.1. The van der Waals surface area contributed by atoms with Gasteiger partial charge in [0.25, 0.3) is 0 Å². The van der Waals surface area contributed by atoms with Crippen molar-refractivity contribution in [3.05, 3.63) is 34.9 Å². The molecule has 0 aliphatic carbocycles. The maximum Gasteiger partial charge on any atom is 0.162 e. The molecule has 0 spiro atoms. The van der Waals surface area contributed by atoms with Gasteiger partial charge in [-0.05, 0) is 24.5 Å². The van der Waals surface area contributed by atoms with Crippen LogP contribution in [0.5, 0.6) is 0 Å². The van der Waals surface area contributed by atoms with Crippen molar-refractivity contribution in [1.82, 2.24) is 0 Å². The Morgan fingerprint density at radius 1 is 1.31 bits per heavy atom. The van der Waals surface area contributed by atoms with Crippen molar-refractivity contribution in [2.45, 2.75) is 33.6 Å². The first-order valence-corrected chi connectivity index (χ1v) is 4.81. The van der Waals surface area contributed by atoms with E-state index in [-0.39, 0.29) is 5.78 Å². The Labute approximate surface area is 79.8 Å². The maximum atomic E-state index is 11.4. The molecule has 0 radical (unpaired) electrons. The van der Waals surface area contributed by atoms with E-state index in [1.807, 2.05) is 26.0 Å². The molecule has 0 aromatic heterocycles. The summed E-state index contributed by atoms with van der Waals surface area (Å²) in [6.07, 6.45) is 1.62. The molecule has 0 atom stereocenters. The van der Waals surface area contributed by atoms with E-state index in [4.69, 9.17) is 0 Å². The monoisotopic (exact) mass is 176 g/mol. The average Bonchev–Trinajstić information content (AvgIpc) is 2.16. The van der Waals surface area contributed by atoms with Gasteiger partial charge in [0.15, 0.2) is 5.78 Å². The lowest BCUT2D eigenvalue weighted by molar-refractivity contribution is 0.0987. The predicted molar refractivity (Wildman–Crippen MR) is 55.2 cm³/mol. The molecule has 1 nitrogen and oxygen atoms in total. The average molecular weight is 176 g/mol. The van der Waals surface area contributed by atoms with E-state index in [0.717, 1.165) is 17.5 Å². The molecule has 13 heavy (non-hydrogen) atoms. The standard InChI is InChI=1S/C12H16O/c1-4-10-6-7-11(9(3)8-10)12(13)5-2/h6-8H,4-5H2,1-3H3. The summed E-state index contributed by atoms with van der Waals surface area (Å²) in [5, 5.41) is 0. The fourth-order valence-electron chi connectivity index (χ4n) is 1.45. The number of rotatable bonds is 3. The highest BCUT2D eigenvalue weighted by molar-refractivity contribution is 5.97. The second kappa shape index (κ2) is 4.22. The van der Waals surface area contributed by atoms with Crippen molar-refractivity contribution in [2.75, 3.05) is 0 Å². The first-order valence-electron chi connectivity index (χ1n) is 4.81. The van der Waals surface area contributed by atoms with Crippen LogP contribution in [0.2, 0.25) is 0 Å². The second-order valence-electron chi connectivity index (χ2n) is 3.28. The number of carbonyl (C=O) groups excluding carboxylic acids is 1. The van der Waals surface area contributed by atoms with Crippen LogP contribution in [0.3, 0.4) is 0 Å². The molecule has 70 valence electrons. The van der Waals surface area contributed by atoms with Crippen LogP contribution in [-0.2, 0) is 6.42 Å². The van der Waals surface area contributed by atoms with Gasteiger partial charge in [-0.2, -0.15) is 0 Å². The van der Waals surface area contributed by atoms with Gasteiger partial charge in [-0.3, -0.25) is 4.79 Å². The zero-order valence-electron chi connectivity index (χ0n) is 8.55. The molecule has 0 N–H and O–H groups in total. The maximum absolute atomic E-state index is 11.4. The van der Waals surface area contributed by atoms with E-state index in [1.165, 1.54) is 5.56 Å². The van der Waals surface area contributed by atoms with Crippen LogP contribution in [0, 0.1) is 6.92 Å². The third kappa shape index (κ3) is 2.18. The normalized spacial score (nSPS) is 10.1. The first kappa shape index (κ1) is 9.97. The smallest absolute Gasteiger partial charge is 0.162 e. The Hall–Kier alpha value is -1.11. The molecule has 0 amide bonds. The SMILES string of the molecule is CCC(=O)c1ccc(CC)cc1C. The molecule has 1 aromatic rings. The summed E-state index contributed by atoms with van der Waals surface area (Å²) >= 11 is 0. The van der Waals surface area contributed by atoms with Crippen molar-refractivity contribution >= 4 is 5.78 Å². The van der Waals surface area contributed by atoms with Gasteiger partial charge in [-0.1, -0.05) is 32.0 Å². The van der Waals surface area contributed by atoms with Gasteiger partial charge in [0.05, 0.1) is 0 Å². The molecule has 0 heterocycles. The number of hydrogen-bond acceptors (Lipinski definition) is 1. The third-order valence-corrected chi connectivity index (χ3v) is 2.32. The van der Waals surface area contributed by atoms with Crippen molar-refractivity contribution < 1.29 is 4.79 Å². The van der Waals surface area contributed by atoms with Crippen molar-refractivity contribution in [1.29, 1.82) is 0 Å². The van der Waals surface area contributed by atoms with E-state index in [9.17, 15) is 4.79 Å². The summed E-state index contributed by atoms with van der Waals surface area (Å²) in [4.78, 5) is 11.4. The Kier molecular flexibility index (Phi) is 3.24. The van der Waals surface area contributed by atoms with Gasteiger partial charge < -0.3 is 0 Å². The number of Topliss-reactive ketones (excluding diaryl/α,β-unsaturated/α-hetero) is 1. The molecule has 0 unspecified atom stereocenters. The van der Waals surface area contributed by atoms with Crippen LogP contribution < -0.4 is 0 Å². The molecule has 0 aliphatic rings. The first-order chi connectivity index (χ1) is 6.19. The topological polar surface area (TPSA) is 17.1 Å². The Morgan fingerprint density at radius 3 is 2.46 bits per heavy atom. The summed E-state index contributed by atoms with van der Waals surface area (Å²) in [5.74, 6) is 0.236. The second-order valence-corrected chi connectivity index (χ2v) is 3.28. The zero-order valence-corrected chi connectivity index (χ0v) is 8.55. The van der Waals surface area contributed by atoms with E-state index >= 15 is 0 Å². The van der Waals surface area contributed by atoms with Gasteiger partial charge in [0, 0.05) is 12.0 Å². The summed E-state index contributed by atoms with van der Waals surface area (Å²) in [7, 11) is 0. The lowest BCUT2D eigenvalue weighted by Gasteiger charge is -2.04. The van der Waals surface area contributed by atoms with Gasteiger partial charge in [-0.25, -0.2) is 0 Å². The summed E-state index contributed by atoms with van der Waals surface area (Å²) < 4.78 is 0. The molecular formula is C12H16O. The molecular weight excluding hydrogens is 160 g/mol. The Morgan fingerprint density at radius 2 is 2.00 bits per heavy atom. The fourth-order valence-corrected chi connectivity index (χ4v) is 1.45. The van der Waals surface area contributed by atoms with Crippen LogP contribution in [0.4, 0.5) is 0 Å². The molecule has 1 heteroatoms. The molecule has 0 aliphatic heterocycles. The van der Waals surface area contributed by atoms with Gasteiger partial charge in [0.1, 0.15) is 0 Å². The van der Waals surface area contributed by atoms with Crippen LogP contribution in [-0.4, -0.2) is 5.78 Å². The van der Waals surface area contributed by atoms with E-state index in [1.54, 1.807) is 0 Å². The lowest BCUT2D eigenvalue weighted by atomic mass is 10.00. The quantitative estimate of drug-likeness (QED) is 0.646. The van der Waals surface area contributed by atoms with Crippen molar-refractivity contribution in [2.24, 2.45) is 0 Å². The Balaban J connectivity index is 3.05. The van der Waals surface area contributed by atoms with E-state index < -0.39 is 0 Å². The van der Waals surface area contributed by atoms with Crippen molar-refractivity contribution in [3.8, 4) is 0 Å². The highest BCUT2D eigenvalue weighted by Crippen LogP contribution is 2.13. The fraction of sp³-hybridized carbons (Fsp3) is 0.417. The van der Waals surface area contributed by atoms with E-state index in [0.29, 0.717) is 6.42 Å². The van der Waals surface area contributed by atoms with Gasteiger partial charge >= 0.3 is 0 Å². The molecule has 0 fully saturated rings. The molecule has 1 rings (SSSR count). The predicted octanol–water partition coefficient (Wildman–Crippen LogP) is 3.15. The number of benzene rings is 1. The zero-order chi connectivity index (χ0) is 9.84. The minimum Gasteiger partial charge on any atom is -0.294 e. The van der Waals surface area contributed by atoms with Crippen LogP contribution >= 0.6 is 0 Å². The summed E-state index contributed by atoms with van der Waals surface area (Å²) in [6, 6.07) is 6.08. The van der Waals surface area contributed by atoms with Gasteiger partial charge in [-0.15, -0.1) is 0 Å². The summed E-state index contributed by atoms with van der Waals surface area (Å²) in [6.45, 7) is 6.02. The third-order valence-electron chi connectivity index (χ3n) is 2.32. The molecule has 0 bridgehead atoms. The number of hydrogen-bond donors (Lipinski definition) is 0. The number of aryl methyl sites for hydroxylation is 2. The minimum absolute atomic E-state index is 0.236. The van der Waals surface area contributed by atoms with Gasteiger partial charge in [0.2, 0.25) is 0 Å². The summed E-state index contributed by atoms with van der Waals surface area (Å²) in [5.41, 5.74) is 3.27. The Bertz CT molecular complexity index is 313. The van der Waals surface area contributed by atoms with Crippen LogP contribution in [0.1, 0.15) is 41.8 Å². The minimum atomic E-state index is 0.236. The van der Waals surface area contributed by atoms with Crippen LogP contribution in [0.25, 0.3) is 0 Å². The number of carbonyl (C=O) groups is 1. The van der Waals surface area contributed by atoms with E-state index in [2.05, 4.69) is 13.0 Å².